The molecule has 9 heteroatoms. The van der Waals surface area contributed by atoms with Gasteiger partial charge in [-0.05, 0) is 36.6 Å². The average Bonchev–Trinajstić information content (AvgIpc) is 2.71. The number of nitrogens with one attached hydrogen (secondary N) is 1. The van der Waals surface area contributed by atoms with Crippen molar-refractivity contribution in [2.75, 3.05) is 6.61 Å². The number of carbonyl (C=O) groups excluding carboxylic acids is 3. The molecule has 158 valence electrons. The molecule has 0 bridgehead atoms. The Morgan fingerprint density at radius 3 is 2.67 bits per heavy atom. The van der Waals surface area contributed by atoms with E-state index in [-0.39, 0.29) is 24.1 Å². The van der Waals surface area contributed by atoms with Gasteiger partial charge in [0, 0.05) is 19.6 Å². The highest BCUT2D eigenvalue weighted by atomic mass is 19.1. The average molecular weight is 415 g/mol. The fraction of sp³-hybridized carbons (Fsp3) is 0.381. The molecule has 0 aromatic heterocycles. The van der Waals surface area contributed by atoms with E-state index in [4.69, 9.17) is 16.2 Å². The Morgan fingerprint density at radius 2 is 1.97 bits per heavy atom. The van der Waals surface area contributed by atoms with Gasteiger partial charge in [0.05, 0.1) is 22.8 Å². The number of hydrogen-bond acceptors (Lipinski definition) is 7. The maximum Gasteiger partial charge on any atom is 0.255 e. The predicted molar refractivity (Wildman–Crippen MR) is 103 cm³/mol. The van der Waals surface area contributed by atoms with Gasteiger partial charge < -0.3 is 26.6 Å². The van der Waals surface area contributed by atoms with Gasteiger partial charge in [0.2, 0.25) is 5.78 Å². The van der Waals surface area contributed by atoms with Crippen LogP contribution in [0.15, 0.2) is 47.2 Å². The van der Waals surface area contributed by atoms with Crippen molar-refractivity contribution in [1.29, 1.82) is 0 Å². The molecule has 3 aliphatic rings. The topological polar surface area (TPSA) is 145 Å². The summed E-state index contributed by atoms with van der Waals surface area (Å²) >= 11 is 0. The number of aliphatic hydroxyl groups is 1. The third-order valence-electron chi connectivity index (χ3n) is 5.98. The third kappa shape index (κ3) is 3.15. The molecular weight excluding hydrogens is 393 g/mol. The van der Waals surface area contributed by atoms with Crippen molar-refractivity contribution in [3.05, 3.63) is 58.6 Å². The lowest BCUT2D eigenvalue weighted by Gasteiger charge is -2.50. The van der Waals surface area contributed by atoms with Gasteiger partial charge in [-0.1, -0.05) is 12.1 Å². The molecule has 2 aliphatic carbocycles. The molecule has 1 aromatic rings. The zero-order valence-electron chi connectivity index (χ0n) is 16.1. The van der Waals surface area contributed by atoms with Crippen LogP contribution < -0.4 is 16.8 Å². The molecule has 2 fully saturated rings. The third-order valence-corrected chi connectivity index (χ3v) is 5.98. The molecule has 0 radical (unpaired) electrons. The van der Waals surface area contributed by atoms with Crippen LogP contribution in [0.5, 0.6) is 0 Å². The van der Waals surface area contributed by atoms with E-state index in [1.165, 1.54) is 30.3 Å². The van der Waals surface area contributed by atoms with E-state index in [9.17, 15) is 23.9 Å². The summed E-state index contributed by atoms with van der Waals surface area (Å²) in [5.74, 6) is -3.65. The SMILES string of the molecule is NC12C=C(C(=O)NCc3ccc(F)cc3)C(=O)C(O)=C1C(=O)C1(N)CCCOC1C2. The van der Waals surface area contributed by atoms with Gasteiger partial charge in [-0.15, -0.1) is 0 Å². The Morgan fingerprint density at radius 1 is 1.27 bits per heavy atom. The Hall–Kier alpha value is -2.88. The van der Waals surface area contributed by atoms with Crippen molar-refractivity contribution in [2.24, 2.45) is 11.5 Å². The smallest absolute Gasteiger partial charge is 0.255 e. The van der Waals surface area contributed by atoms with Gasteiger partial charge in [0.15, 0.2) is 11.5 Å². The zero-order chi connectivity index (χ0) is 21.7. The van der Waals surface area contributed by atoms with Gasteiger partial charge in [-0.3, -0.25) is 14.4 Å². The van der Waals surface area contributed by atoms with Crippen LogP contribution >= 0.6 is 0 Å². The quantitative estimate of drug-likeness (QED) is 0.520. The van der Waals surface area contributed by atoms with E-state index >= 15 is 0 Å². The number of amides is 1. The van der Waals surface area contributed by atoms with Gasteiger partial charge in [-0.2, -0.15) is 0 Å². The summed E-state index contributed by atoms with van der Waals surface area (Å²) in [6.07, 6.45) is 1.50. The van der Waals surface area contributed by atoms with Crippen LogP contribution in [-0.2, 0) is 25.7 Å². The van der Waals surface area contributed by atoms with E-state index < -0.39 is 46.2 Å². The number of carbonyl (C=O) groups is 3. The number of nitrogens with two attached hydrogens (primary N) is 2. The van der Waals surface area contributed by atoms with Crippen LogP contribution in [0.1, 0.15) is 24.8 Å². The highest BCUT2D eigenvalue weighted by Crippen LogP contribution is 2.44. The molecular formula is C21H22FN3O5. The first kappa shape index (κ1) is 20.4. The molecule has 1 amide bonds. The largest absolute Gasteiger partial charge is 0.504 e. The molecule has 0 spiro atoms. The first-order chi connectivity index (χ1) is 14.2. The number of ether oxygens (including phenoxy) is 1. The van der Waals surface area contributed by atoms with Crippen molar-refractivity contribution in [2.45, 2.75) is 43.0 Å². The number of Topliss-reactive ketones (excluding diaryl/α,β-unsaturated/α-hetero) is 2. The maximum absolute atomic E-state index is 13.1. The van der Waals surface area contributed by atoms with Gasteiger partial charge >= 0.3 is 0 Å². The number of allylic oxidation sites excluding steroid dienone is 1. The Balaban J connectivity index is 1.61. The Kier molecular flexibility index (Phi) is 4.84. The lowest BCUT2D eigenvalue weighted by molar-refractivity contribution is -0.138. The molecule has 3 unspecified atom stereocenters. The molecule has 6 N–H and O–H groups in total. The highest BCUT2D eigenvalue weighted by Gasteiger charge is 2.59. The van der Waals surface area contributed by atoms with Crippen molar-refractivity contribution < 1.29 is 28.6 Å². The molecule has 1 aromatic carbocycles. The molecule has 3 atom stereocenters. The summed E-state index contributed by atoms with van der Waals surface area (Å²) in [4.78, 5) is 38.4. The number of halogens is 1. The lowest BCUT2D eigenvalue weighted by Crippen LogP contribution is -2.70. The van der Waals surface area contributed by atoms with Crippen molar-refractivity contribution in [1.82, 2.24) is 5.32 Å². The van der Waals surface area contributed by atoms with E-state index in [0.29, 0.717) is 25.0 Å². The summed E-state index contributed by atoms with van der Waals surface area (Å²) in [5.41, 5.74) is 9.75. The standard InChI is InChI=1S/C21H22FN3O5/c22-12-4-2-11(3-5-12)10-25-19(29)13-8-20(23)9-14-21(24,6-1-7-30-14)18(28)15(20)17(27)16(13)26/h2-5,8,14,27H,1,6-7,9-10,23-24H2,(H,25,29). The van der Waals surface area contributed by atoms with Gasteiger partial charge in [0.25, 0.3) is 5.91 Å². The van der Waals surface area contributed by atoms with E-state index in [0.717, 1.165) is 0 Å². The number of rotatable bonds is 3. The number of aliphatic hydroxyl groups excluding tert-OH is 1. The summed E-state index contributed by atoms with van der Waals surface area (Å²) in [6, 6.07) is 5.49. The molecule has 8 nitrogen and oxygen atoms in total. The molecule has 1 aliphatic heterocycles. The fourth-order valence-corrected chi connectivity index (χ4v) is 4.33. The Bertz CT molecular complexity index is 1000. The number of fused-ring (bicyclic) bond motifs is 2. The molecule has 1 saturated carbocycles. The number of benzene rings is 1. The fourth-order valence-electron chi connectivity index (χ4n) is 4.33. The molecule has 4 rings (SSSR count). The molecule has 1 heterocycles. The minimum atomic E-state index is -1.55. The second-order valence-electron chi connectivity index (χ2n) is 8.00. The first-order valence-electron chi connectivity index (χ1n) is 9.64. The first-order valence-corrected chi connectivity index (χ1v) is 9.64. The minimum absolute atomic E-state index is 0.0369. The van der Waals surface area contributed by atoms with Crippen LogP contribution in [-0.4, -0.2) is 46.4 Å². The number of ketones is 2. The zero-order valence-corrected chi connectivity index (χ0v) is 16.1. The van der Waals surface area contributed by atoms with E-state index in [2.05, 4.69) is 5.32 Å². The Labute approximate surface area is 171 Å². The van der Waals surface area contributed by atoms with Crippen molar-refractivity contribution >= 4 is 17.5 Å². The summed E-state index contributed by atoms with van der Waals surface area (Å²) < 4.78 is 18.7. The molecule has 1 saturated heterocycles. The van der Waals surface area contributed by atoms with Crippen molar-refractivity contribution in [3.63, 3.8) is 0 Å². The predicted octanol–water partition coefficient (Wildman–Crippen LogP) is 0.310. The van der Waals surface area contributed by atoms with Crippen molar-refractivity contribution in [3.8, 4) is 0 Å². The van der Waals surface area contributed by atoms with Crippen LogP contribution in [0.2, 0.25) is 0 Å². The summed E-state index contributed by atoms with van der Waals surface area (Å²) in [5, 5.41) is 13.1. The van der Waals surface area contributed by atoms with Crippen LogP contribution in [0, 0.1) is 5.82 Å². The lowest BCUT2D eigenvalue weighted by atomic mass is 9.62. The van der Waals surface area contributed by atoms with Crippen LogP contribution in [0.3, 0.4) is 0 Å². The van der Waals surface area contributed by atoms with E-state index in [1.54, 1.807) is 0 Å². The summed E-state index contributed by atoms with van der Waals surface area (Å²) in [7, 11) is 0. The minimum Gasteiger partial charge on any atom is -0.504 e. The highest BCUT2D eigenvalue weighted by molar-refractivity contribution is 6.28. The molecule has 30 heavy (non-hydrogen) atoms. The van der Waals surface area contributed by atoms with Gasteiger partial charge in [-0.25, -0.2) is 4.39 Å². The summed E-state index contributed by atoms with van der Waals surface area (Å²) in [6.45, 7) is 0.459. The van der Waals surface area contributed by atoms with Crippen LogP contribution in [0.4, 0.5) is 4.39 Å². The van der Waals surface area contributed by atoms with E-state index in [1.807, 2.05) is 0 Å². The number of hydrogen-bond donors (Lipinski definition) is 4. The maximum atomic E-state index is 13.1. The monoisotopic (exact) mass is 415 g/mol. The van der Waals surface area contributed by atoms with Crippen LogP contribution in [0.25, 0.3) is 0 Å². The normalized spacial score (nSPS) is 31.0. The second kappa shape index (κ2) is 7.12. The van der Waals surface area contributed by atoms with Gasteiger partial charge in [0.1, 0.15) is 11.4 Å². The second-order valence-corrected chi connectivity index (χ2v) is 8.00.